The number of nitrogens with one attached hydrogen (secondary N) is 1. The summed E-state index contributed by atoms with van der Waals surface area (Å²) >= 11 is 0. The van der Waals surface area contributed by atoms with Crippen molar-refractivity contribution in [1.82, 2.24) is 5.32 Å². The molecule has 0 amide bonds. The average molecular weight is 314 g/mol. The van der Waals surface area contributed by atoms with E-state index in [0.717, 1.165) is 41.8 Å². The summed E-state index contributed by atoms with van der Waals surface area (Å²) in [5, 5.41) is 3.21. The number of benzene rings is 2. The largest absolute Gasteiger partial charge is 0.312 e. The van der Waals surface area contributed by atoms with Gasteiger partial charge < -0.3 is 5.32 Å². The Morgan fingerprint density at radius 1 is 1.00 bits per heavy atom. The smallest absolute Gasteiger partial charge is 0.136 e. The predicted octanol–water partition coefficient (Wildman–Crippen LogP) is 4.15. The SMILES string of the molecule is Cc1ccc(-c2c(F)cc(F)cc2F)c2c1CCNC2.Cl. The van der Waals surface area contributed by atoms with E-state index in [0.29, 0.717) is 12.1 Å². The van der Waals surface area contributed by atoms with Gasteiger partial charge in [0.25, 0.3) is 0 Å². The van der Waals surface area contributed by atoms with Crippen molar-refractivity contribution in [2.75, 3.05) is 6.54 Å². The van der Waals surface area contributed by atoms with Crippen LogP contribution in [0.2, 0.25) is 0 Å². The zero-order valence-electron chi connectivity index (χ0n) is 11.5. The number of halogens is 4. The molecule has 5 heteroatoms. The first-order chi connectivity index (χ1) is 9.58. The molecule has 3 rings (SSSR count). The van der Waals surface area contributed by atoms with Crippen LogP contribution in [0.1, 0.15) is 16.7 Å². The maximum Gasteiger partial charge on any atom is 0.136 e. The summed E-state index contributed by atoms with van der Waals surface area (Å²) in [5.74, 6) is -2.62. The molecular weight excluding hydrogens is 299 g/mol. The first-order valence-electron chi connectivity index (χ1n) is 6.55. The quantitative estimate of drug-likeness (QED) is 0.834. The van der Waals surface area contributed by atoms with Crippen LogP contribution in [0.25, 0.3) is 11.1 Å². The normalized spacial score (nSPS) is 13.5. The zero-order chi connectivity index (χ0) is 14.3. The van der Waals surface area contributed by atoms with Crippen LogP contribution < -0.4 is 5.32 Å². The maximum absolute atomic E-state index is 14.0. The minimum absolute atomic E-state index is 0. The third kappa shape index (κ3) is 2.78. The van der Waals surface area contributed by atoms with Gasteiger partial charge in [0.2, 0.25) is 0 Å². The number of hydrogen-bond acceptors (Lipinski definition) is 1. The van der Waals surface area contributed by atoms with Gasteiger partial charge in [-0.15, -0.1) is 12.4 Å². The number of aryl methyl sites for hydroxylation is 1. The Hall–Kier alpha value is -1.52. The lowest BCUT2D eigenvalue weighted by Gasteiger charge is -2.23. The number of fused-ring (bicyclic) bond motifs is 1. The van der Waals surface area contributed by atoms with Gasteiger partial charge in [-0.3, -0.25) is 0 Å². The molecule has 0 saturated heterocycles. The molecule has 1 aliphatic rings. The lowest BCUT2D eigenvalue weighted by atomic mass is 9.88. The van der Waals surface area contributed by atoms with Crippen LogP contribution in [0.4, 0.5) is 13.2 Å². The van der Waals surface area contributed by atoms with Crippen molar-refractivity contribution in [3.05, 3.63) is 58.4 Å². The molecular formula is C16H15ClF3N. The minimum atomic E-state index is -0.900. The van der Waals surface area contributed by atoms with E-state index in [1.54, 1.807) is 6.07 Å². The van der Waals surface area contributed by atoms with E-state index in [4.69, 9.17) is 0 Å². The Kier molecular flexibility index (Phi) is 4.59. The average Bonchev–Trinajstić information content (AvgIpc) is 2.40. The summed E-state index contributed by atoms with van der Waals surface area (Å²) in [6.45, 7) is 3.42. The molecule has 0 atom stereocenters. The van der Waals surface area contributed by atoms with E-state index in [2.05, 4.69) is 5.32 Å². The van der Waals surface area contributed by atoms with Crippen LogP contribution in [0.5, 0.6) is 0 Å². The molecule has 0 radical (unpaired) electrons. The Bertz CT molecular complexity index is 662. The summed E-state index contributed by atoms with van der Waals surface area (Å²) in [4.78, 5) is 0. The highest BCUT2D eigenvalue weighted by Crippen LogP contribution is 2.34. The van der Waals surface area contributed by atoms with Crippen LogP contribution in [-0.2, 0) is 13.0 Å². The molecule has 0 bridgehead atoms. The maximum atomic E-state index is 14.0. The van der Waals surface area contributed by atoms with Gasteiger partial charge in [0.05, 0.1) is 5.56 Å². The van der Waals surface area contributed by atoms with Crippen molar-refractivity contribution in [2.45, 2.75) is 19.9 Å². The van der Waals surface area contributed by atoms with Crippen molar-refractivity contribution < 1.29 is 13.2 Å². The van der Waals surface area contributed by atoms with Crippen LogP contribution in [0, 0.1) is 24.4 Å². The van der Waals surface area contributed by atoms with Crippen LogP contribution in [0.3, 0.4) is 0 Å². The topological polar surface area (TPSA) is 12.0 Å². The van der Waals surface area contributed by atoms with Crippen LogP contribution in [0.15, 0.2) is 24.3 Å². The second-order valence-electron chi connectivity index (χ2n) is 5.06. The second kappa shape index (κ2) is 6.08. The zero-order valence-corrected chi connectivity index (χ0v) is 12.3. The Balaban J connectivity index is 0.00000161. The van der Waals surface area contributed by atoms with Gasteiger partial charge in [-0.05, 0) is 42.1 Å². The van der Waals surface area contributed by atoms with Gasteiger partial charge in [0.15, 0.2) is 0 Å². The van der Waals surface area contributed by atoms with E-state index < -0.39 is 17.5 Å². The molecule has 0 fully saturated rings. The highest BCUT2D eigenvalue weighted by molar-refractivity contribution is 5.85. The molecule has 1 aliphatic heterocycles. The van der Waals surface area contributed by atoms with Crippen molar-refractivity contribution >= 4 is 12.4 Å². The van der Waals surface area contributed by atoms with Gasteiger partial charge in [-0.1, -0.05) is 12.1 Å². The summed E-state index contributed by atoms with van der Waals surface area (Å²) in [6, 6.07) is 5.02. The van der Waals surface area contributed by atoms with E-state index in [1.165, 1.54) is 0 Å². The summed E-state index contributed by atoms with van der Waals surface area (Å²) in [7, 11) is 0. The molecule has 21 heavy (non-hydrogen) atoms. The fraction of sp³-hybridized carbons (Fsp3) is 0.250. The summed E-state index contributed by atoms with van der Waals surface area (Å²) in [5.41, 5.74) is 3.51. The van der Waals surface area contributed by atoms with Gasteiger partial charge in [-0.25, -0.2) is 13.2 Å². The monoisotopic (exact) mass is 313 g/mol. The van der Waals surface area contributed by atoms with E-state index in [9.17, 15) is 13.2 Å². The third-order valence-electron chi connectivity index (χ3n) is 3.80. The highest BCUT2D eigenvalue weighted by Gasteiger charge is 2.21. The van der Waals surface area contributed by atoms with E-state index >= 15 is 0 Å². The predicted molar refractivity (Wildman–Crippen MR) is 79.1 cm³/mol. The first kappa shape index (κ1) is 15.9. The number of rotatable bonds is 1. The minimum Gasteiger partial charge on any atom is -0.312 e. The molecule has 1 nitrogen and oxygen atoms in total. The standard InChI is InChI=1S/C16H14F3N.ClH/c1-9-2-3-12(13-8-20-5-4-11(9)13)16-14(18)6-10(17)7-15(16)19;/h2-3,6-7,20H,4-5,8H2,1H3;1H. The van der Waals surface area contributed by atoms with Crippen LogP contribution >= 0.6 is 12.4 Å². The first-order valence-corrected chi connectivity index (χ1v) is 6.55. The van der Waals surface area contributed by atoms with Gasteiger partial charge in [0, 0.05) is 18.7 Å². The third-order valence-corrected chi connectivity index (χ3v) is 3.80. The lowest BCUT2D eigenvalue weighted by molar-refractivity contribution is 0.547. The molecule has 0 aromatic heterocycles. The molecule has 1 heterocycles. The second-order valence-corrected chi connectivity index (χ2v) is 5.06. The Morgan fingerprint density at radius 2 is 1.67 bits per heavy atom. The van der Waals surface area contributed by atoms with Crippen molar-refractivity contribution in [3.63, 3.8) is 0 Å². The fourth-order valence-electron chi connectivity index (χ4n) is 2.82. The molecule has 1 N–H and O–H groups in total. The molecule has 0 spiro atoms. The van der Waals surface area contributed by atoms with E-state index in [-0.39, 0.29) is 18.0 Å². The molecule has 2 aromatic carbocycles. The van der Waals surface area contributed by atoms with Gasteiger partial charge in [-0.2, -0.15) is 0 Å². The molecule has 0 unspecified atom stereocenters. The van der Waals surface area contributed by atoms with E-state index in [1.807, 2.05) is 13.0 Å². The van der Waals surface area contributed by atoms with Gasteiger partial charge in [0.1, 0.15) is 17.5 Å². The molecule has 2 aromatic rings. The highest BCUT2D eigenvalue weighted by atomic mass is 35.5. The molecule has 0 saturated carbocycles. The Labute approximate surface area is 127 Å². The summed E-state index contributed by atoms with van der Waals surface area (Å²) in [6.07, 6.45) is 0.833. The van der Waals surface area contributed by atoms with Crippen molar-refractivity contribution in [1.29, 1.82) is 0 Å². The lowest BCUT2D eigenvalue weighted by Crippen LogP contribution is -2.25. The Morgan fingerprint density at radius 3 is 2.33 bits per heavy atom. The fourth-order valence-corrected chi connectivity index (χ4v) is 2.82. The molecule has 0 aliphatic carbocycles. The number of hydrogen-bond donors (Lipinski definition) is 1. The van der Waals surface area contributed by atoms with Gasteiger partial charge >= 0.3 is 0 Å². The van der Waals surface area contributed by atoms with Crippen molar-refractivity contribution in [3.8, 4) is 11.1 Å². The van der Waals surface area contributed by atoms with Crippen LogP contribution in [-0.4, -0.2) is 6.54 Å². The summed E-state index contributed by atoms with van der Waals surface area (Å²) < 4.78 is 41.0. The molecule has 112 valence electrons. The van der Waals surface area contributed by atoms with Crippen molar-refractivity contribution in [2.24, 2.45) is 0 Å².